The highest BCUT2D eigenvalue weighted by Crippen LogP contribution is 2.34. The molecule has 30 heavy (non-hydrogen) atoms. The molecular weight excluding hydrogens is 443 g/mol. The van der Waals surface area contributed by atoms with Crippen molar-refractivity contribution in [2.24, 2.45) is 5.41 Å². The zero-order valence-electron chi connectivity index (χ0n) is 17.0. The highest BCUT2D eigenvalue weighted by atomic mass is 35.5. The van der Waals surface area contributed by atoms with Gasteiger partial charge in [-0.1, -0.05) is 67.7 Å². The van der Waals surface area contributed by atoms with Crippen LogP contribution in [0, 0.1) is 12.3 Å². The third-order valence-electron chi connectivity index (χ3n) is 4.65. The summed E-state index contributed by atoms with van der Waals surface area (Å²) in [5.74, 6) is -0.405. The van der Waals surface area contributed by atoms with E-state index in [4.69, 9.17) is 34.8 Å². The first kappa shape index (κ1) is 22.4. The first-order chi connectivity index (χ1) is 14.0. The van der Waals surface area contributed by atoms with E-state index in [1.807, 2.05) is 39.8 Å². The fraction of sp³-hybridized carbons (Fsp3) is 0.217. The molecule has 3 rings (SSSR count). The van der Waals surface area contributed by atoms with Gasteiger partial charge in [-0.15, -0.1) is 0 Å². The number of aliphatic hydroxyl groups is 1. The quantitative estimate of drug-likeness (QED) is 0.248. The maximum atomic E-state index is 13.0. The number of halogens is 3. The number of aromatic nitrogens is 2. The zero-order chi connectivity index (χ0) is 22.2. The molecule has 0 unspecified atom stereocenters. The Morgan fingerprint density at radius 3 is 2.20 bits per heavy atom. The van der Waals surface area contributed by atoms with Gasteiger partial charge in [-0.3, -0.25) is 4.79 Å². The van der Waals surface area contributed by atoms with Gasteiger partial charge in [-0.2, -0.15) is 5.10 Å². The molecule has 3 aromatic rings. The molecule has 0 aliphatic heterocycles. The monoisotopic (exact) mass is 462 g/mol. The smallest absolute Gasteiger partial charge is 0.209 e. The van der Waals surface area contributed by atoms with Crippen molar-refractivity contribution < 1.29 is 9.90 Å². The van der Waals surface area contributed by atoms with Crippen molar-refractivity contribution >= 4 is 40.6 Å². The van der Waals surface area contributed by atoms with Gasteiger partial charge in [0.15, 0.2) is 0 Å². The molecule has 0 aliphatic carbocycles. The summed E-state index contributed by atoms with van der Waals surface area (Å²) in [7, 11) is 0. The average molecular weight is 464 g/mol. The molecule has 0 amide bonds. The van der Waals surface area contributed by atoms with Crippen LogP contribution in [-0.2, 0) is 0 Å². The molecule has 2 aromatic carbocycles. The van der Waals surface area contributed by atoms with Crippen molar-refractivity contribution in [3.8, 4) is 16.9 Å². The van der Waals surface area contributed by atoms with Gasteiger partial charge in [0.25, 0.3) is 0 Å². The number of allylic oxidation sites excluding steroid dienone is 2. The summed E-state index contributed by atoms with van der Waals surface area (Å²) in [6.07, 6.45) is 1.22. The molecule has 0 bridgehead atoms. The van der Waals surface area contributed by atoms with Crippen LogP contribution in [0.15, 0.2) is 54.3 Å². The SMILES string of the molecule is Cc1c(C(=O)/C=C(/O)C(C)(C)C)nn(-c2ccc(Cl)cc2Cl)c1-c1ccc(Cl)cc1. The minimum atomic E-state index is -0.551. The highest BCUT2D eigenvalue weighted by Gasteiger charge is 2.24. The number of benzene rings is 2. The number of ketones is 1. The maximum absolute atomic E-state index is 13.0. The maximum Gasteiger partial charge on any atom is 0.209 e. The molecular formula is C23H21Cl3N2O2. The third kappa shape index (κ3) is 4.56. The van der Waals surface area contributed by atoms with Crippen LogP contribution in [0.2, 0.25) is 15.1 Å². The first-order valence-corrected chi connectivity index (χ1v) is 10.4. The standard InChI is InChI=1S/C23H21Cl3N2O2/c1-13-21(19(29)12-20(30)23(2,3)4)27-28(18-10-9-16(25)11-17(18)26)22(13)14-5-7-15(24)8-6-14/h5-12,30H,1-4H3/b20-12+. The summed E-state index contributed by atoms with van der Waals surface area (Å²) in [6, 6.07) is 12.3. The highest BCUT2D eigenvalue weighted by molar-refractivity contribution is 6.35. The van der Waals surface area contributed by atoms with Gasteiger partial charge in [0, 0.05) is 32.7 Å². The lowest BCUT2D eigenvalue weighted by atomic mass is 9.92. The molecule has 1 aromatic heterocycles. The lowest BCUT2D eigenvalue weighted by Gasteiger charge is -2.16. The summed E-state index contributed by atoms with van der Waals surface area (Å²) in [5, 5.41) is 16.3. The molecule has 1 N–H and O–H groups in total. The molecule has 0 saturated carbocycles. The molecule has 7 heteroatoms. The number of carbonyl (C=O) groups is 1. The molecule has 1 heterocycles. The molecule has 4 nitrogen and oxygen atoms in total. The summed E-state index contributed by atoms with van der Waals surface area (Å²) >= 11 is 18.5. The van der Waals surface area contributed by atoms with Crippen LogP contribution in [0.5, 0.6) is 0 Å². The summed E-state index contributed by atoms with van der Waals surface area (Å²) in [5.41, 5.74) is 2.43. The molecule has 0 spiro atoms. The number of hydrogen-bond acceptors (Lipinski definition) is 3. The fourth-order valence-corrected chi connectivity index (χ4v) is 3.53. The number of carbonyl (C=O) groups excluding carboxylic acids is 1. The van der Waals surface area contributed by atoms with Crippen LogP contribution in [0.4, 0.5) is 0 Å². The second-order valence-corrected chi connectivity index (χ2v) is 9.26. The Kier molecular flexibility index (Phi) is 6.32. The van der Waals surface area contributed by atoms with E-state index in [9.17, 15) is 9.90 Å². The fourth-order valence-electron chi connectivity index (χ4n) is 2.91. The Labute approximate surface area is 190 Å². The Morgan fingerprint density at radius 2 is 1.63 bits per heavy atom. The van der Waals surface area contributed by atoms with E-state index in [-0.39, 0.29) is 17.2 Å². The second kappa shape index (κ2) is 8.46. The molecule has 0 radical (unpaired) electrons. The van der Waals surface area contributed by atoms with Crippen LogP contribution in [0.3, 0.4) is 0 Å². The topological polar surface area (TPSA) is 55.1 Å². The predicted molar refractivity (Wildman–Crippen MR) is 123 cm³/mol. The van der Waals surface area contributed by atoms with E-state index in [1.54, 1.807) is 35.0 Å². The van der Waals surface area contributed by atoms with Crippen LogP contribution in [-0.4, -0.2) is 20.7 Å². The van der Waals surface area contributed by atoms with E-state index >= 15 is 0 Å². The molecule has 0 saturated heterocycles. The zero-order valence-corrected chi connectivity index (χ0v) is 19.3. The number of aliphatic hydroxyl groups excluding tert-OH is 1. The van der Waals surface area contributed by atoms with E-state index in [2.05, 4.69) is 5.10 Å². The van der Waals surface area contributed by atoms with Crippen LogP contribution < -0.4 is 0 Å². The van der Waals surface area contributed by atoms with Crippen LogP contribution >= 0.6 is 34.8 Å². The van der Waals surface area contributed by atoms with Crippen LogP contribution in [0.25, 0.3) is 16.9 Å². The van der Waals surface area contributed by atoms with E-state index < -0.39 is 5.41 Å². The van der Waals surface area contributed by atoms with Crippen molar-refractivity contribution in [2.45, 2.75) is 27.7 Å². The van der Waals surface area contributed by atoms with E-state index in [0.717, 1.165) is 5.56 Å². The Balaban J connectivity index is 2.24. The van der Waals surface area contributed by atoms with Crippen molar-refractivity contribution in [2.75, 3.05) is 0 Å². The lowest BCUT2D eigenvalue weighted by molar-refractivity contribution is 0.103. The van der Waals surface area contributed by atoms with Gasteiger partial charge in [0.05, 0.1) is 16.4 Å². The number of hydrogen-bond donors (Lipinski definition) is 1. The minimum Gasteiger partial charge on any atom is -0.512 e. The van der Waals surface area contributed by atoms with Gasteiger partial charge in [-0.25, -0.2) is 4.68 Å². The molecule has 156 valence electrons. The predicted octanol–water partition coefficient (Wildman–Crippen LogP) is 7.48. The van der Waals surface area contributed by atoms with Gasteiger partial charge in [0.1, 0.15) is 11.5 Å². The summed E-state index contributed by atoms with van der Waals surface area (Å²) in [6.45, 7) is 7.28. The van der Waals surface area contributed by atoms with Crippen molar-refractivity contribution in [3.05, 3.63) is 80.6 Å². The Hall–Kier alpha value is -2.27. The lowest BCUT2D eigenvalue weighted by Crippen LogP contribution is -2.11. The molecule has 0 fully saturated rings. The Bertz CT molecular complexity index is 1140. The molecule has 0 aliphatic rings. The first-order valence-electron chi connectivity index (χ1n) is 9.25. The van der Waals surface area contributed by atoms with Gasteiger partial charge >= 0.3 is 0 Å². The van der Waals surface area contributed by atoms with Gasteiger partial charge < -0.3 is 5.11 Å². The largest absolute Gasteiger partial charge is 0.512 e. The van der Waals surface area contributed by atoms with Gasteiger partial charge in [0.2, 0.25) is 5.78 Å². The van der Waals surface area contributed by atoms with Crippen molar-refractivity contribution in [1.82, 2.24) is 9.78 Å². The van der Waals surface area contributed by atoms with Crippen molar-refractivity contribution in [3.63, 3.8) is 0 Å². The van der Waals surface area contributed by atoms with E-state index in [1.165, 1.54) is 6.08 Å². The minimum absolute atomic E-state index is 0.0148. The number of rotatable bonds is 4. The summed E-state index contributed by atoms with van der Waals surface area (Å²) < 4.78 is 1.62. The number of nitrogens with zero attached hydrogens (tertiary/aromatic N) is 2. The van der Waals surface area contributed by atoms with E-state index in [0.29, 0.717) is 32.0 Å². The summed E-state index contributed by atoms with van der Waals surface area (Å²) in [4.78, 5) is 13.0. The average Bonchev–Trinajstić information content (AvgIpc) is 2.98. The normalized spacial score (nSPS) is 12.3. The van der Waals surface area contributed by atoms with Gasteiger partial charge in [-0.05, 0) is 37.3 Å². The third-order valence-corrected chi connectivity index (χ3v) is 5.44. The Morgan fingerprint density at radius 1 is 1.03 bits per heavy atom. The van der Waals surface area contributed by atoms with Crippen molar-refractivity contribution in [1.29, 1.82) is 0 Å². The molecule has 0 atom stereocenters. The van der Waals surface area contributed by atoms with Crippen LogP contribution in [0.1, 0.15) is 36.8 Å². The second-order valence-electron chi connectivity index (χ2n) is 7.98.